The highest BCUT2D eigenvalue weighted by Crippen LogP contribution is 2.31. The van der Waals surface area contributed by atoms with Crippen molar-refractivity contribution in [2.24, 2.45) is 0 Å². The first-order chi connectivity index (χ1) is 13.5. The highest BCUT2D eigenvalue weighted by atomic mass is 79.9. The summed E-state index contributed by atoms with van der Waals surface area (Å²) < 4.78 is 21.6. The number of halogens is 1. The van der Waals surface area contributed by atoms with E-state index in [-0.39, 0.29) is 5.88 Å². The zero-order valence-electron chi connectivity index (χ0n) is 15.4. The van der Waals surface area contributed by atoms with E-state index >= 15 is 0 Å². The maximum absolute atomic E-state index is 12.3. The Morgan fingerprint density at radius 3 is 2.14 bits per heavy atom. The molecule has 0 atom stereocenters. The van der Waals surface area contributed by atoms with Gasteiger partial charge in [0.15, 0.2) is 11.5 Å². The molecule has 2 aromatic carbocycles. The van der Waals surface area contributed by atoms with Crippen LogP contribution in [0, 0.1) is 0 Å². The van der Waals surface area contributed by atoms with Gasteiger partial charge >= 0.3 is 5.97 Å². The van der Waals surface area contributed by atoms with Gasteiger partial charge in [-0.1, -0.05) is 0 Å². The lowest BCUT2D eigenvalue weighted by molar-refractivity contribution is 0.0725. The SMILES string of the molecule is COc1ccc(C(=O)Oc2ccc(-c3ccc(OC)c(OC)c3)nn2)cc1Br. The van der Waals surface area contributed by atoms with Crippen LogP contribution in [-0.4, -0.2) is 37.5 Å². The standard InChI is InChI=1S/C20H17BrN2O5/c1-25-16-7-5-13(10-14(16)21)20(24)28-19-9-6-15(22-23-19)12-4-8-17(26-2)18(11-12)27-3/h4-11H,1-3H3. The summed E-state index contributed by atoms with van der Waals surface area (Å²) in [5.41, 5.74) is 1.76. The molecule has 0 aliphatic heterocycles. The van der Waals surface area contributed by atoms with E-state index in [9.17, 15) is 4.79 Å². The zero-order valence-corrected chi connectivity index (χ0v) is 17.0. The minimum absolute atomic E-state index is 0.0983. The molecule has 0 N–H and O–H groups in total. The first kappa shape index (κ1) is 19.6. The van der Waals surface area contributed by atoms with Crippen LogP contribution in [0.2, 0.25) is 0 Å². The maximum Gasteiger partial charge on any atom is 0.344 e. The van der Waals surface area contributed by atoms with Crippen LogP contribution in [0.25, 0.3) is 11.3 Å². The van der Waals surface area contributed by atoms with Crippen molar-refractivity contribution in [3.8, 4) is 34.4 Å². The Morgan fingerprint density at radius 1 is 0.821 bits per heavy atom. The van der Waals surface area contributed by atoms with Gasteiger partial charge in [0.25, 0.3) is 0 Å². The number of carbonyl (C=O) groups is 1. The molecule has 7 nitrogen and oxygen atoms in total. The fraction of sp³-hybridized carbons (Fsp3) is 0.150. The van der Waals surface area contributed by atoms with Crippen LogP contribution in [0.5, 0.6) is 23.1 Å². The molecule has 0 saturated heterocycles. The van der Waals surface area contributed by atoms with Gasteiger partial charge in [0.1, 0.15) is 5.75 Å². The average Bonchev–Trinajstić information content (AvgIpc) is 2.73. The predicted molar refractivity (Wildman–Crippen MR) is 106 cm³/mol. The Kier molecular flexibility index (Phi) is 6.10. The molecule has 0 amide bonds. The van der Waals surface area contributed by atoms with Crippen molar-refractivity contribution in [3.63, 3.8) is 0 Å². The Hall–Kier alpha value is -3.13. The minimum atomic E-state index is -0.545. The van der Waals surface area contributed by atoms with Crippen molar-refractivity contribution in [1.82, 2.24) is 10.2 Å². The van der Waals surface area contributed by atoms with Gasteiger partial charge in [-0.3, -0.25) is 0 Å². The Bertz CT molecular complexity index is 992. The number of carbonyl (C=O) groups excluding carboxylic acids is 1. The lowest BCUT2D eigenvalue weighted by atomic mass is 10.1. The van der Waals surface area contributed by atoms with E-state index in [1.165, 1.54) is 0 Å². The summed E-state index contributed by atoms with van der Waals surface area (Å²) in [4.78, 5) is 12.3. The van der Waals surface area contributed by atoms with Crippen LogP contribution < -0.4 is 18.9 Å². The summed E-state index contributed by atoms with van der Waals surface area (Å²) >= 11 is 3.34. The molecule has 0 aliphatic carbocycles. The lowest BCUT2D eigenvalue weighted by Crippen LogP contribution is -2.10. The fourth-order valence-corrected chi connectivity index (χ4v) is 3.01. The second-order valence-corrected chi connectivity index (χ2v) is 6.42. The molecule has 3 aromatic rings. The number of aromatic nitrogens is 2. The third-order valence-electron chi connectivity index (χ3n) is 3.90. The molecule has 8 heteroatoms. The Labute approximate surface area is 170 Å². The zero-order chi connectivity index (χ0) is 20.1. The third kappa shape index (κ3) is 4.23. The minimum Gasteiger partial charge on any atom is -0.496 e. The molecule has 0 radical (unpaired) electrons. The molecule has 0 saturated carbocycles. The number of hydrogen-bond acceptors (Lipinski definition) is 7. The quantitative estimate of drug-likeness (QED) is 0.528. The van der Waals surface area contributed by atoms with E-state index in [1.807, 2.05) is 6.07 Å². The van der Waals surface area contributed by atoms with Crippen molar-refractivity contribution < 1.29 is 23.7 Å². The highest BCUT2D eigenvalue weighted by molar-refractivity contribution is 9.10. The van der Waals surface area contributed by atoms with Crippen LogP contribution in [-0.2, 0) is 0 Å². The average molecular weight is 445 g/mol. The fourth-order valence-electron chi connectivity index (χ4n) is 2.47. The van der Waals surface area contributed by atoms with Gasteiger partial charge in [-0.05, 0) is 58.4 Å². The van der Waals surface area contributed by atoms with Crippen LogP contribution in [0.15, 0.2) is 53.0 Å². The predicted octanol–water partition coefficient (Wildman–Crippen LogP) is 4.15. The topological polar surface area (TPSA) is 79.8 Å². The van der Waals surface area contributed by atoms with E-state index in [0.717, 1.165) is 5.56 Å². The molecule has 0 unspecified atom stereocenters. The molecular weight excluding hydrogens is 428 g/mol. The summed E-state index contributed by atoms with van der Waals surface area (Å²) in [5.74, 6) is 1.38. The number of ether oxygens (including phenoxy) is 4. The van der Waals surface area contributed by atoms with Crippen LogP contribution >= 0.6 is 15.9 Å². The molecule has 0 aliphatic rings. The molecule has 144 valence electrons. The van der Waals surface area contributed by atoms with Crippen LogP contribution in [0.4, 0.5) is 0 Å². The normalized spacial score (nSPS) is 10.3. The number of methoxy groups -OCH3 is 3. The Morgan fingerprint density at radius 2 is 1.54 bits per heavy atom. The second kappa shape index (κ2) is 8.71. The lowest BCUT2D eigenvalue weighted by Gasteiger charge is -2.09. The van der Waals surface area contributed by atoms with Crippen molar-refractivity contribution in [2.75, 3.05) is 21.3 Å². The first-order valence-electron chi connectivity index (χ1n) is 8.17. The Balaban J connectivity index is 1.76. The molecule has 3 rings (SSSR count). The monoisotopic (exact) mass is 444 g/mol. The van der Waals surface area contributed by atoms with Crippen molar-refractivity contribution in [3.05, 3.63) is 58.6 Å². The van der Waals surface area contributed by atoms with Crippen molar-refractivity contribution >= 4 is 21.9 Å². The highest BCUT2D eigenvalue weighted by Gasteiger charge is 2.13. The maximum atomic E-state index is 12.3. The van der Waals surface area contributed by atoms with E-state index in [1.54, 1.807) is 63.8 Å². The number of benzene rings is 2. The number of nitrogens with zero attached hydrogens (tertiary/aromatic N) is 2. The summed E-state index contributed by atoms with van der Waals surface area (Å²) in [5, 5.41) is 8.09. The molecule has 0 fully saturated rings. The molecule has 1 heterocycles. The van der Waals surface area contributed by atoms with E-state index in [2.05, 4.69) is 26.1 Å². The molecular formula is C20H17BrN2O5. The van der Waals surface area contributed by atoms with E-state index in [4.69, 9.17) is 18.9 Å². The van der Waals surface area contributed by atoms with Gasteiger partial charge in [0.2, 0.25) is 5.88 Å². The van der Waals surface area contributed by atoms with Gasteiger partial charge in [-0.15, -0.1) is 10.2 Å². The third-order valence-corrected chi connectivity index (χ3v) is 4.52. The molecule has 28 heavy (non-hydrogen) atoms. The first-order valence-corrected chi connectivity index (χ1v) is 8.97. The molecule has 1 aromatic heterocycles. The summed E-state index contributed by atoms with van der Waals surface area (Å²) in [7, 11) is 4.68. The molecule has 0 spiro atoms. The number of hydrogen-bond donors (Lipinski definition) is 0. The number of rotatable bonds is 6. The van der Waals surface area contributed by atoms with Gasteiger partial charge in [0.05, 0.1) is 37.1 Å². The van der Waals surface area contributed by atoms with E-state index < -0.39 is 5.97 Å². The summed E-state index contributed by atoms with van der Waals surface area (Å²) in [6.07, 6.45) is 0. The van der Waals surface area contributed by atoms with Crippen molar-refractivity contribution in [2.45, 2.75) is 0 Å². The van der Waals surface area contributed by atoms with Crippen LogP contribution in [0.3, 0.4) is 0 Å². The largest absolute Gasteiger partial charge is 0.496 e. The summed E-state index contributed by atoms with van der Waals surface area (Å²) in [6, 6.07) is 13.6. The van der Waals surface area contributed by atoms with Gasteiger partial charge in [-0.2, -0.15) is 0 Å². The van der Waals surface area contributed by atoms with E-state index in [0.29, 0.717) is 33.0 Å². The smallest absolute Gasteiger partial charge is 0.344 e. The molecule has 0 bridgehead atoms. The van der Waals surface area contributed by atoms with Crippen LogP contribution in [0.1, 0.15) is 10.4 Å². The van der Waals surface area contributed by atoms with Gasteiger partial charge < -0.3 is 18.9 Å². The van der Waals surface area contributed by atoms with Gasteiger partial charge in [-0.25, -0.2) is 4.79 Å². The number of esters is 1. The van der Waals surface area contributed by atoms with Crippen molar-refractivity contribution in [1.29, 1.82) is 0 Å². The van der Waals surface area contributed by atoms with Gasteiger partial charge in [0, 0.05) is 11.6 Å². The summed E-state index contributed by atoms with van der Waals surface area (Å²) in [6.45, 7) is 0. The second-order valence-electron chi connectivity index (χ2n) is 5.57.